The highest BCUT2D eigenvalue weighted by atomic mass is 32.2. The van der Waals surface area contributed by atoms with Gasteiger partial charge in [0.2, 0.25) is 16.8 Å². The van der Waals surface area contributed by atoms with Crippen molar-refractivity contribution in [2.45, 2.75) is 10.1 Å². The first-order valence-electron chi connectivity index (χ1n) is 6.02. The van der Waals surface area contributed by atoms with Crippen molar-refractivity contribution >= 4 is 28.2 Å². The van der Waals surface area contributed by atoms with Crippen LogP contribution in [0.1, 0.15) is 5.89 Å². The molecule has 0 aliphatic carbocycles. The molecular formula is C12H11N5O2S2. The van der Waals surface area contributed by atoms with Gasteiger partial charge >= 0.3 is 0 Å². The number of nitrogens with one attached hydrogen (secondary N) is 1. The summed E-state index contributed by atoms with van der Waals surface area (Å²) in [5.41, 5.74) is 0. The number of rotatable bonds is 7. The van der Waals surface area contributed by atoms with E-state index in [4.69, 9.17) is 8.94 Å². The van der Waals surface area contributed by atoms with Gasteiger partial charge in [0.1, 0.15) is 0 Å². The molecule has 0 aliphatic rings. The largest absolute Gasteiger partial charge is 0.461 e. The van der Waals surface area contributed by atoms with E-state index in [1.165, 1.54) is 23.1 Å². The van der Waals surface area contributed by atoms with Crippen LogP contribution in [0.4, 0.5) is 5.13 Å². The molecule has 0 saturated carbocycles. The van der Waals surface area contributed by atoms with Crippen molar-refractivity contribution in [1.29, 1.82) is 0 Å². The molecule has 0 saturated heterocycles. The zero-order chi connectivity index (χ0) is 14.5. The number of hydrogen-bond donors (Lipinski definition) is 1. The molecule has 0 aliphatic heterocycles. The van der Waals surface area contributed by atoms with Crippen molar-refractivity contribution in [3.05, 3.63) is 36.9 Å². The van der Waals surface area contributed by atoms with Gasteiger partial charge in [-0.2, -0.15) is 4.98 Å². The van der Waals surface area contributed by atoms with Gasteiger partial charge in [0.15, 0.2) is 10.1 Å². The number of nitrogens with zero attached hydrogens (tertiary/aromatic N) is 4. The third kappa shape index (κ3) is 3.50. The SMILES string of the molecule is C=CCNc1nnc(SCc2nc(-c3ccco3)no2)s1. The summed E-state index contributed by atoms with van der Waals surface area (Å²) in [6.07, 6.45) is 3.34. The molecule has 0 bridgehead atoms. The maximum absolute atomic E-state index is 5.21. The summed E-state index contributed by atoms with van der Waals surface area (Å²) in [5.74, 6) is 2.08. The van der Waals surface area contributed by atoms with Gasteiger partial charge < -0.3 is 14.3 Å². The van der Waals surface area contributed by atoms with Crippen LogP contribution in [0.3, 0.4) is 0 Å². The van der Waals surface area contributed by atoms with Crippen LogP contribution >= 0.6 is 23.1 Å². The van der Waals surface area contributed by atoms with Crippen LogP contribution in [-0.2, 0) is 5.75 Å². The lowest BCUT2D eigenvalue weighted by molar-refractivity contribution is 0.390. The first kappa shape index (κ1) is 13.8. The van der Waals surface area contributed by atoms with E-state index < -0.39 is 0 Å². The van der Waals surface area contributed by atoms with E-state index in [1.807, 2.05) is 0 Å². The van der Waals surface area contributed by atoms with Gasteiger partial charge in [0.05, 0.1) is 12.0 Å². The fourth-order valence-corrected chi connectivity index (χ4v) is 3.04. The highest BCUT2D eigenvalue weighted by Crippen LogP contribution is 2.28. The standard InChI is InChI=1S/C12H11N5O2S2/c1-2-5-13-11-15-16-12(21-11)20-7-9-14-10(17-19-9)8-4-3-6-18-8/h2-4,6H,1,5,7H2,(H,13,15). The van der Waals surface area contributed by atoms with Gasteiger partial charge in [-0.3, -0.25) is 0 Å². The van der Waals surface area contributed by atoms with Gasteiger partial charge in [-0.25, -0.2) is 0 Å². The van der Waals surface area contributed by atoms with E-state index in [2.05, 4.69) is 32.2 Å². The van der Waals surface area contributed by atoms with Crippen LogP contribution in [0.15, 0.2) is 44.3 Å². The Hall–Kier alpha value is -2.13. The summed E-state index contributed by atoms with van der Waals surface area (Å²) in [4.78, 5) is 4.26. The number of anilines is 1. The van der Waals surface area contributed by atoms with E-state index in [-0.39, 0.29) is 0 Å². The second-order valence-corrected chi connectivity index (χ2v) is 6.02. The predicted octanol–water partition coefficient (Wildman–Crippen LogP) is 3.07. The summed E-state index contributed by atoms with van der Waals surface area (Å²) >= 11 is 2.96. The fraction of sp³-hybridized carbons (Fsp3) is 0.167. The Kier molecular flexibility index (Phi) is 4.31. The van der Waals surface area contributed by atoms with Crippen molar-refractivity contribution < 1.29 is 8.94 Å². The second kappa shape index (κ2) is 6.55. The average Bonchev–Trinajstić information content (AvgIpc) is 3.22. The van der Waals surface area contributed by atoms with E-state index >= 15 is 0 Å². The van der Waals surface area contributed by atoms with Gasteiger partial charge in [0, 0.05) is 6.54 Å². The summed E-state index contributed by atoms with van der Waals surface area (Å²) in [6.45, 7) is 4.30. The Labute approximate surface area is 128 Å². The molecule has 0 unspecified atom stereocenters. The first-order chi connectivity index (χ1) is 10.3. The Balaban J connectivity index is 1.57. The Morgan fingerprint density at radius 3 is 3.19 bits per heavy atom. The summed E-state index contributed by atoms with van der Waals surface area (Å²) < 4.78 is 11.2. The Morgan fingerprint density at radius 1 is 1.43 bits per heavy atom. The van der Waals surface area contributed by atoms with E-state index in [0.717, 1.165) is 9.47 Å². The lowest BCUT2D eigenvalue weighted by atomic mass is 10.4. The quantitative estimate of drug-likeness (QED) is 0.524. The molecule has 0 amide bonds. The molecule has 7 nitrogen and oxygen atoms in total. The fourth-order valence-electron chi connectivity index (χ4n) is 1.44. The van der Waals surface area contributed by atoms with Gasteiger partial charge in [0.25, 0.3) is 0 Å². The highest BCUT2D eigenvalue weighted by molar-refractivity contribution is 8.00. The van der Waals surface area contributed by atoms with Crippen LogP contribution in [-0.4, -0.2) is 26.9 Å². The number of thioether (sulfide) groups is 1. The molecule has 3 rings (SSSR count). The maximum atomic E-state index is 5.21. The maximum Gasteiger partial charge on any atom is 0.238 e. The molecule has 0 spiro atoms. The normalized spacial score (nSPS) is 10.7. The van der Waals surface area contributed by atoms with Crippen molar-refractivity contribution in [1.82, 2.24) is 20.3 Å². The molecule has 21 heavy (non-hydrogen) atoms. The summed E-state index contributed by atoms with van der Waals surface area (Å²) in [7, 11) is 0. The Bertz CT molecular complexity index is 707. The van der Waals surface area contributed by atoms with Gasteiger partial charge in [-0.15, -0.1) is 16.8 Å². The van der Waals surface area contributed by atoms with Crippen molar-refractivity contribution in [2.75, 3.05) is 11.9 Å². The predicted molar refractivity (Wildman–Crippen MR) is 80.2 cm³/mol. The zero-order valence-corrected chi connectivity index (χ0v) is 12.5. The van der Waals surface area contributed by atoms with Crippen molar-refractivity contribution in [3.8, 4) is 11.6 Å². The third-order valence-electron chi connectivity index (χ3n) is 2.33. The van der Waals surface area contributed by atoms with Crippen LogP contribution in [0.2, 0.25) is 0 Å². The summed E-state index contributed by atoms with van der Waals surface area (Å²) in [5, 5.41) is 15.8. The lowest BCUT2D eigenvalue weighted by Gasteiger charge is -1.92. The second-order valence-electron chi connectivity index (χ2n) is 3.82. The monoisotopic (exact) mass is 321 g/mol. The van der Waals surface area contributed by atoms with Crippen molar-refractivity contribution in [2.24, 2.45) is 0 Å². The minimum atomic E-state index is 0.446. The molecular weight excluding hydrogens is 310 g/mol. The molecule has 0 radical (unpaired) electrons. The van der Waals surface area contributed by atoms with Crippen LogP contribution in [0, 0.1) is 0 Å². The highest BCUT2D eigenvalue weighted by Gasteiger charge is 2.12. The molecule has 0 fully saturated rings. The first-order valence-corrected chi connectivity index (χ1v) is 7.83. The number of furan rings is 1. The van der Waals surface area contributed by atoms with Crippen LogP contribution in [0.5, 0.6) is 0 Å². The average molecular weight is 321 g/mol. The smallest absolute Gasteiger partial charge is 0.238 e. The molecule has 0 aromatic carbocycles. The molecule has 9 heteroatoms. The molecule has 3 aromatic rings. The minimum Gasteiger partial charge on any atom is -0.461 e. The van der Waals surface area contributed by atoms with Crippen LogP contribution in [0.25, 0.3) is 11.6 Å². The molecule has 108 valence electrons. The van der Waals surface area contributed by atoms with Gasteiger partial charge in [-0.05, 0) is 12.1 Å². The number of aromatic nitrogens is 4. The zero-order valence-electron chi connectivity index (χ0n) is 10.9. The third-order valence-corrected chi connectivity index (χ3v) is 4.33. The topological polar surface area (TPSA) is 89.9 Å². The van der Waals surface area contributed by atoms with E-state index in [0.29, 0.717) is 29.8 Å². The Morgan fingerprint density at radius 2 is 2.38 bits per heavy atom. The van der Waals surface area contributed by atoms with Crippen LogP contribution < -0.4 is 5.32 Å². The van der Waals surface area contributed by atoms with E-state index in [1.54, 1.807) is 24.5 Å². The molecule has 0 atom stereocenters. The van der Waals surface area contributed by atoms with Gasteiger partial charge in [-0.1, -0.05) is 34.3 Å². The molecule has 3 heterocycles. The lowest BCUT2D eigenvalue weighted by Crippen LogP contribution is -1.96. The van der Waals surface area contributed by atoms with Crippen molar-refractivity contribution in [3.63, 3.8) is 0 Å². The number of hydrogen-bond acceptors (Lipinski definition) is 9. The van der Waals surface area contributed by atoms with E-state index in [9.17, 15) is 0 Å². The minimum absolute atomic E-state index is 0.446. The molecule has 3 aromatic heterocycles. The molecule has 1 N–H and O–H groups in total. The summed E-state index contributed by atoms with van der Waals surface area (Å²) in [6, 6.07) is 3.56.